The van der Waals surface area contributed by atoms with Crippen LogP contribution in [0.1, 0.15) is 29.5 Å². The van der Waals surface area contributed by atoms with Gasteiger partial charge in [0.15, 0.2) is 0 Å². The minimum atomic E-state index is -0.319. The van der Waals surface area contributed by atoms with Gasteiger partial charge in [-0.2, -0.15) is 0 Å². The molecule has 6 heteroatoms. The lowest BCUT2D eigenvalue weighted by Crippen LogP contribution is -2.44. The second kappa shape index (κ2) is 5.99. The summed E-state index contributed by atoms with van der Waals surface area (Å²) in [5.41, 5.74) is 2.63. The fourth-order valence-corrected chi connectivity index (χ4v) is 2.20. The Morgan fingerprint density at radius 2 is 2.50 bits per heavy atom. The number of carbonyl (C=O) groups is 1. The number of hydrazine groups is 1. The number of nitrogen functional groups attached to an aromatic ring is 1. The predicted octanol–water partition coefficient (Wildman–Crippen LogP) is 0.494. The number of ether oxygens (including phenoxy) is 1. The molecule has 0 spiro atoms. The van der Waals surface area contributed by atoms with E-state index in [4.69, 9.17) is 15.0 Å². The van der Waals surface area contributed by atoms with Crippen molar-refractivity contribution in [2.45, 2.75) is 25.9 Å². The van der Waals surface area contributed by atoms with Gasteiger partial charge in [-0.3, -0.25) is 15.1 Å². The molecule has 1 aromatic rings. The van der Waals surface area contributed by atoms with Crippen molar-refractivity contribution in [2.24, 2.45) is 5.84 Å². The molecular formula is C12H19N3O3. The van der Waals surface area contributed by atoms with Gasteiger partial charge in [0.1, 0.15) is 5.76 Å². The third-order valence-corrected chi connectivity index (χ3v) is 3.29. The predicted molar refractivity (Wildman–Crippen MR) is 65.7 cm³/mol. The third-order valence-electron chi connectivity index (χ3n) is 3.29. The normalized spacial score (nSPS) is 20.9. The van der Waals surface area contributed by atoms with Crippen LogP contribution in [0, 0.1) is 0 Å². The molecule has 1 saturated heterocycles. The first-order valence-electron chi connectivity index (χ1n) is 6.15. The van der Waals surface area contributed by atoms with Crippen molar-refractivity contribution < 1.29 is 13.9 Å². The van der Waals surface area contributed by atoms with Crippen molar-refractivity contribution in [3.8, 4) is 0 Å². The van der Waals surface area contributed by atoms with E-state index >= 15 is 0 Å². The van der Waals surface area contributed by atoms with E-state index in [0.717, 1.165) is 26.2 Å². The van der Waals surface area contributed by atoms with Crippen molar-refractivity contribution in [1.29, 1.82) is 0 Å². The largest absolute Gasteiger partial charge is 0.467 e. The highest BCUT2D eigenvalue weighted by Gasteiger charge is 2.24. The van der Waals surface area contributed by atoms with Crippen LogP contribution >= 0.6 is 0 Å². The Morgan fingerprint density at radius 1 is 1.67 bits per heavy atom. The van der Waals surface area contributed by atoms with E-state index in [1.54, 1.807) is 6.07 Å². The van der Waals surface area contributed by atoms with Gasteiger partial charge < -0.3 is 9.15 Å². The Hall–Kier alpha value is -1.37. The van der Waals surface area contributed by atoms with Crippen LogP contribution in [0.5, 0.6) is 0 Å². The smallest absolute Gasteiger partial charge is 0.268 e. The molecule has 100 valence electrons. The summed E-state index contributed by atoms with van der Waals surface area (Å²) in [6.45, 7) is 5.04. The number of furan rings is 1. The molecule has 3 N–H and O–H groups in total. The van der Waals surface area contributed by atoms with Crippen LogP contribution in [0.4, 0.5) is 0 Å². The molecule has 2 heterocycles. The maximum atomic E-state index is 11.5. The summed E-state index contributed by atoms with van der Waals surface area (Å²) in [5, 5.41) is 0. The number of amides is 1. The summed E-state index contributed by atoms with van der Waals surface area (Å²) in [5.74, 6) is 5.48. The highest BCUT2D eigenvalue weighted by atomic mass is 16.5. The second-order valence-electron chi connectivity index (χ2n) is 4.34. The number of rotatable bonds is 4. The quantitative estimate of drug-likeness (QED) is 0.464. The highest BCUT2D eigenvalue weighted by Crippen LogP contribution is 2.18. The molecule has 1 aromatic heterocycles. The lowest BCUT2D eigenvalue weighted by atomic mass is 10.1. The number of nitrogens with one attached hydrogen (secondary N) is 1. The number of hydrogen-bond donors (Lipinski definition) is 2. The van der Waals surface area contributed by atoms with Crippen molar-refractivity contribution in [3.63, 3.8) is 0 Å². The Kier molecular flexibility index (Phi) is 4.35. The van der Waals surface area contributed by atoms with E-state index in [1.165, 1.54) is 6.26 Å². The van der Waals surface area contributed by atoms with Crippen molar-refractivity contribution >= 4 is 5.91 Å². The molecule has 0 aliphatic carbocycles. The molecule has 18 heavy (non-hydrogen) atoms. The van der Waals surface area contributed by atoms with Crippen LogP contribution in [0.2, 0.25) is 0 Å². The van der Waals surface area contributed by atoms with Gasteiger partial charge in [0.05, 0.1) is 31.6 Å². The Morgan fingerprint density at radius 3 is 3.22 bits per heavy atom. The molecule has 2 rings (SSSR count). The zero-order chi connectivity index (χ0) is 13.0. The maximum Gasteiger partial charge on any atom is 0.268 e. The number of nitrogens with zero attached hydrogens (tertiary/aromatic N) is 1. The van der Waals surface area contributed by atoms with Crippen LogP contribution in [0.3, 0.4) is 0 Å². The van der Waals surface area contributed by atoms with Crippen LogP contribution in [-0.4, -0.2) is 36.6 Å². The summed E-state index contributed by atoms with van der Waals surface area (Å²) < 4.78 is 10.8. The fourth-order valence-electron chi connectivity index (χ4n) is 2.20. The number of carbonyl (C=O) groups excluding carboxylic acids is 1. The third kappa shape index (κ3) is 2.72. The van der Waals surface area contributed by atoms with Crippen LogP contribution in [0.25, 0.3) is 0 Å². The Bertz CT molecular complexity index is 405. The summed E-state index contributed by atoms with van der Waals surface area (Å²) >= 11 is 0. The van der Waals surface area contributed by atoms with Crippen molar-refractivity contribution in [3.05, 3.63) is 23.7 Å². The van der Waals surface area contributed by atoms with Gasteiger partial charge in [-0.1, -0.05) is 6.92 Å². The monoisotopic (exact) mass is 253 g/mol. The molecule has 1 aliphatic heterocycles. The molecule has 0 radical (unpaired) electrons. The standard InChI is InChI=1S/C12H19N3O3/c1-2-9-8-17-6-4-15(9)7-11-10(3-5-18-11)12(16)14-13/h3,5,9H,2,4,6-8,13H2,1H3,(H,14,16). The molecule has 6 nitrogen and oxygen atoms in total. The average molecular weight is 253 g/mol. The maximum absolute atomic E-state index is 11.5. The van der Waals surface area contributed by atoms with E-state index < -0.39 is 0 Å². The topological polar surface area (TPSA) is 80.7 Å². The average Bonchev–Trinajstić information content (AvgIpc) is 2.86. The molecule has 0 aromatic carbocycles. The molecule has 1 aliphatic rings. The Labute approximate surface area is 106 Å². The Balaban J connectivity index is 2.08. The molecule has 1 amide bonds. The van der Waals surface area contributed by atoms with E-state index in [9.17, 15) is 4.79 Å². The van der Waals surface area contributed by atoms with Gasteiger partial charge in [-0.25, -0.2) is 5.84 Å². The van der Waals surface area contributed by atoms with Crippen molar-refractivity contribution in [1.82, 2.24) is 10.3 Å². The highest BCUT2D eigenvalue weighted by molar-refractivity contribution is 5.94. The van der Waals surface area contributed by atoms with Crippen LogP contribution in [0.15, 0.2) is 16.7 Å². The van der Waals surface area contributed by atoms with Gasteiger partial charge in [0, 0.05) is 12.6 Å². The van der Waals surface area contributed by atoms with E-state index in [0.29, 0.717) is 23.9 Å². The molecule has 1 atom stereocenters. The fraction of sp³-hybridized carbons (Fsp3) is 0.583. The summed E-state index contributed by atoms with van der Waals surface area (Å²) in [4.78, 5) is 13.8. The first kappa shape index (κ1) is 13.1. The first-order valence-corrected chi connectivity index (χ1v) is 6.15. The van der Waals surface area contributed by atoms with Crippen LogP contribution < -0.4 is 11.3 Å². The molecule has 1 fully saturated rings. The SMILES string of the molecule is CCC1COCCN1Cc1occc1C(=O)NN. The molecule has 1 unspecified atom stereocenters. The number of morpholine rings is 1. The van der Waals surface area contributed by atoms with Gasteiger partial charge in [-0.15, -0.1) is 0 Å². The van der Waals surface area contributed by atoms with Gasteiger partial charge in [-0.05, 0) is 12.5 Å². The first-order chi connectivity index (χ1) is 8.76. The van der Waals surface area contributed by atoms with Gasteiger partial charge in [0.2, 0.25) is 0 Å². The number of hydrogen-bond acceptors (Lipinski definition) is 5. The lowest BCUT2D eigenvalue weighted by Gasteiger charge is -2.34. The molecule has 0 bridgehead atoms. The van der Waals surface area contributed by atoms with Gasteiger partial charge >= 0.3 is 0 Å². The molecule has 0 saturated carbocycles. The van der Waals surface area contributed by atoms with E-state index in [1.807, 2.05) is 0 Å². The van der Waals surface area contributed by atoms with E-state index in [2.05, 4.69) is 17.2 Å². The lowest BCUT2D eigenvalue weighted by molar-refractivity contribution is -0.0154. The number of nitrogens with two attached hydrogens (primary N) is 1. The second-order valence-corrected chi connectivity index (χ2v) is 4.34. The zero-order valence-electron chi connectivity index (χ0n) is 10.5. The minimum Gasteiger partial charge on any atom is -0.467 e. The zero-order valence-corrected chi connectivity index (χ0v) is 10.5. The minimum absolute atomic E-state index is 0.319. The summed E-state index contributed by atoms with van der Waals surface area (Å²) in [6.07, 6.45) is 2.53. The van der Waals surface area contributed by atoms with E-state index in [-0.39, 0.29) is 5.91 Å². The summed E-state index contributed by atoms with van der Waals surface area (Å²) in [6, 6.07) is 2.01. The molecular weight excluding hydrogens is 234 g/mol. The summed E-state index contributed by atoms with van der Waals surface area (Å²) in [7, 11) is 0. The van der Waals surface area contributed by atoms with Gasteiger partial charge in [0.25, 0.3) is 5.91 Å². The van der Waals surface area contributed by atoms with Crippen molar-refractivity contribution in [2.75, 3.05) is 19.8 Å². The van der Waals surface area contributed by atoms with Crippen LogP contribution in [-0.2, 0) is 11.3 Å².